The number of carbonyl (C=O) groups excluding carboxylic acids is 1. The Morgan fingerprint density at radius 1 is 0.963 bits per heavy atom. The molecule has 0 aliphatic carbocycles. The third-order valence-electron chi connectivity index (χ3n) is 3.75. The summed E-state index contributed by atoms with van der Waals surface area (Å²) in [5, 5.41) is 6.09. The van der Waals surface area contributed by atoms with Crippen LogP contribution in [-0.2, 0) is 11.2 Å². The van der Waals surface area contributed by atoms with Gasteiger partial charge in [-0.25, -0.2) is 4.98 Å². The van der Waals surface area contributed by atoms with Crippen molar-refractivity contribution >= 4 is 23.1 Å². The highest BCUT2D eigenvalue weighted by atomic mass is 16.5. The van der Waals surface area contributed by atoms with Crippen LogP contribution in [0.2, 0.25) is 0 Å². The predicted octanol–water partition coefficient (Wildman–Crippen LogP) is 4.79. The van der Waals surface area contributed by atoms with Gasteiger partial charge in [-0.1, -0.05) is 30.3 Å². The molecule has 138 valence electrons. The van der Waals surface area contributed by atoms with Crippen molar-refractivity contribution in [3.8, 4) is 5.75 Å². The molecular formula is C22H23N3O2. The second-order valence-electron chi connectivity index (χ2n) is 6.46. The van der Waals surface area contributed by atoms with E-state index in [1.807, 2.05) is 80.6 Å². The van der Waals surface area contributed by atoms with Crippen molar-refractivity contribution in [3.05, 3.63) is 78.5 Å². The van der Waals surface area contributed by atoms with Crippen LogP contribution in [0.5, 0.6) is 5.75 Å². The van der Waals surface area contributed by atoms with Gasteiger partial charge in [-0.3, -0.25) is 4.79 Å². The normalized spacial score (nSPS) is 10.5. The maximum atomic E-state index is 12.1. The van der Waals surface area contributed by atoms with Gasteiger partial charge < -0.3 is 15.4 Å². The molecule has 0 radical (unpaired) electrons. The molecule has 3 rings (SSSR count). The quantitative estimate of drug-likeness (QED) is 0.635. The second-order valence-corrected chi connectivity index (χ2v) is 6.46. The van der Waals surface area contributed by atoms with Crippen molar-refractivity contribution in [1.29, 1.82) is 0 Å². The van der Waals surface area contributed by atoms with Crippen molar-refractivity contribution < 1.29 is 9.53 Å². The summed E-state index contributed by atoms with van der Waals surface area (Å²) in [6.07, 6.45) is 2.13. The molecule has 0 bridgehead atoms. The Labute approximate surface area is 159 Å². The number of hydrogen-bond donors (Lipinski definition) is 2. The summed E-state index contributed by atoms with van der Waals surface area (Å²) >= 11 is 0. The SMILES string of the molecule is CC(C)Oc1ccc(Nc2ccc(NC(=O)Cc3ccccc3)cn2)cc1. The third kappa shape index (κ3) is 5.85. The summed E-state index contributed by atoms with van der Waals surface area (Å²) in [5.74, 6) is 1.47. The maximum Gasteiger partial charge on any atom is 0.228 e. The van der Waals surface area contributed by atoms with Crippen LogP contribution >= 0.6 is 0 Å². The number of amides is 1. The van der Waals surface area contributed by atoms with Gasteiger partial charge in [0.15, 0.2) is 0 Å². The van der Waals surface area contributed by atoms with Crippen LogP contribution in [0.15, 0.2) is 72.9 Å². The Morgan fingerprint density at radius 2 is 1.67 bits per heavy atom. The van der Waals surface area contributed by atoms with E-state index < -0.39 is 0 Å². The fourth-order valence-electron chi connectivity index (χ4n) is 2.57. The second kappa shape index (κ2) is 8.85. The van der Waals surface area contributed by atoms with Crippen LogP contribution in [0.4, 0.5) is 17.2 Å². The summed E-state index contributed by atoms with van der Waals surface area (Å²) in [7, 11) is 0. The van der Waals surface area contributed by atoms with Crippen molar-refractivity contribution in [2.24, 2.45) is 0 Å². The van der Waals surface area contributed by atoms with Gasteiger partial charge >= 0.3 is 0 Å². The topological polar surface area (TPSA) is 63.2 Å². The lowest BCUT2D eigenvalue weighted by molar-refractivity contribution is -0.115. The number of rotatable bonds is 7. The molecule has 27 heavy (non-hydrogen) atoms. The first-order valence-corrected chi connectivity index (χ1v) is 8.92. The standard InChI is InChI=1S/C22H23N3O2/c1-16(2)27-20-11-8-18(9-12-20)24-21-13-10-19(15-23-21)25-22(26)14-17-6-4-3-5-7-17/h3-13,15-16H,14H2,1-2H3,(H,23,24)(H,25,26). The van der Waals surface area contributed by atoms with E-state index in [0.717, 1.165) is 17.0 Å². The summed E-state index contributed by atoms with van der Waals surface area (Å²) in [5.41, 5.74) is 2.56. The first-order valence-electron chi connectivity index (χ1n) is 8.92. The largest absolute Gasteiger partial charge is 0.491 e. The van der Waals surface area contributed by atoms with Gasteiger partial charge in [0.1, 0.15) is 11.6 Å². The molecule has 0 saturated heterocycles. The van der Waals surface area contributed by atoms with Crippen LogP contribution in [0, 0.1) is 0 Å². The van der Waals surface area contributed by atoms with Crippen LogP contribution in [0.25, 0.3) is 0 Å². The molecule has 0 saturated carbocycles. The van der Waals surface area contributed by atoms with E-state index in [0.29, 0.717) is 17.9 Å². The molecule has 5 nitrogen and oxygen atoms in total. The summed E-state index contributed by atoms with van der Waals surface area (Å²) in [6, 6.07) is 21.0. The number of nitrogens with one attached hydrogen (secondary N) is 2. The lowest BCUT2D eigenvalue weighted by atomic mass is 10.1. The van der Waals surface area contributed by atoms with E-state index in [2.05, 4.69) is 15.6 Å². The average Bonchev–Trinajstić information content (AvgIpc) is 2.65. The lowest BCUT2D eigenvalue weighted by Gasteiger charge is -2.11. The molecule has 1 aromatic heterocycles. The van der Waals surface area contributed by atoms with Crippen molar-refractivity contribution in [1.82, 2.24) is 4.98 Å². The van der Waals surface area contributed by atoms with Gasteiger partial charge in [0.05, 0.1) is 24.4 Å². The van der Waals surface area contributed by atoms with E-state index in [4.69, 9.17) is 4.74 Å². The van der Waals surface area contributed by atoms with Crippen molar-refractivity contribution in [2.75, 3.05) is 10.6 Å². The number of anilines is 3. The van der Waals surface area contributed by atoms with Crippen LogP contribution < -0.4 is 15.4 Å². The maximum absolute atomic E-state index is 12.1. The fourth-order valence-corrected chi connectivity index (χ4v) is 2.57. The zero-order chi connectivity index (χ0) is 19.1. The highest BCUT2D eigenvalue weighted by molar-refractivity contribution is 5.92. The molecule has 5 heteroatoms. The highest BCUT2D eigenvalue weighted by Crippen LogP contribution is 2.20. The minimum atomic E-state index is -0.0653. The van der Waals surface area contributed by atoms with Gasteiger partial charge in [-0.15, -0.1) is 0 Å². The van der Waals surface area contributed by atoms with Gasteiger partial charge in [-0.2, -0.15) is 0 Å². The Balaban J connectivity index is 1.54. The minimum Gasteiger partial charge on any atom is -0.491 e. The van der Waals surface area contributed by atoms with Gasteiger partial charge in [-0.05, 0) is 55.8 Å². The van der Waals surface area contributed by atoms with Crippen molar-refractivity contribution in [3.63, 3.8) is 0 Å². The highest BCUT2D eigenvalue weighted by Gasteiger charge is 2.05. The average molecular weight is 361 g/mol. The Kier molecular flexibility index (Phi) is 6.05. The summed E-state index contributed by atoms with van der Waals surface area (Å²) < 4.78 is 5.63. The summed E-state index contributed by atoms with van der Waals surface area (Å²) in [4.78, 5) is 16.4. The third-order valence-corrected chi connectivity index (χ3v) is 3.75. The van der Waals surface area contributed by atoms with Crippen LogP contribution in [-0.4, -0.2) is 17.0 Å². The molecule has 2 aromatic carbocycles. The number of benzene rings is 2. The first kappa shape index (κ1) is 18.5. The molecule has 2 N–H and O–H groups in total. The van der Waals surface area contributed by atoms with E-state index in [9.17, 15) is 4.79 Å². The smallest absolute Gasteiger partial charge is 0.228 e. The zero-order valence-corrected chi connectivity index (χ0v) is 15.5. The Morgan fingerprint density at radius 3 is 2.30 bits per heavy atom. The number of ether oxygens (including phenoxy) is 1. The number of pyridine rings is 1. The van der Waals surface area contributed by atoms with Crippen LogP contribution in [0.1, 0.15) is 19.4 Å². The number of hydrogen-bond acceptors (Lipinski definition) is 4. The molecule has 1 heterocycles. The molecule has 1 amide bonds. The fraction of sp³-hybridized carbons (Fsp3) is 0.182. The molecule has 0 aliphatic heterocycles. The van der Waals surface area contributed by atoms with E-state index in [1.165, 1.54) is 0 Å². The Bertz CT molecular complexity index is 860. The van der Waals surface area contributed by atoms with Crippen molar-refractivity contribution in [2.45, 2.75) is 26.4 Å². The van der Waals surface area contributed by atoms with E-state index in [-0.39, 0.29) is 12.0 Å². The van der Waals surface area contributed by atoms with E-state index in [1.54, 1.807) is 6.20 Å². The molecular weight excluding hydrogens is 338 g/mol. The minimum absolute atomic E-state index is 0.0653. The predicted molar refractivity (Wildman–Crippen MR) is 109 cm³/mol. The molecule has 0 fully saturated rings. The zero-order valence-electron chi connectivity index (χ0n) is 15.5. The molecule has 3 aromatic rings. The number of carbonyl (C=O) groups is 1. The Hall–Kier alpha value is -3.34. The molecule has 0 spiro atoms. The summed E-state index contributed by atoms with van der Waals surface area (Å²) in [6.45, 7) is 3.99. The monoisotopic (exact) mass is 361 g/mol. The first-order chi connectivity index (χ1) is 13.1. The lowest BCUT2D eigenvalue weighted by Crippen LogP contribution is -2.14. The van der Waals surface area contributed by atoms with Gasteiger partial charge in [0.25, 0.3) is 0 Å². The van der Waals surface area contributed by atoms with Gasteiger partial charge in [0, 0.05) is 5.69 Å². The van der Waals surface area contributed by atoms with Gasteiger partial charge in [0.2, 0.25) is 5.91 Å². The van der Waals surface area contributed by atoms with Crippen LogP contribution in [0.3, 0.4) is 0 Å². The molecule has 0 aliphatic rings. The molecule has 0 atom stereocenters. The van der Waals surface area contributed by atoms with E-state index >= 15 is 0 Å². The molecule has 0 unspecified atom stereocenters. The number of aromatic nitrogens is 1. The number of nitrogens with zero attached hydrogens (tertiary/aromatic N) is 1.